The summed E-state index contributed by atoms with van der Waals surface area (Å²) in [6.07, 6.45) is 2.22. The van der Waals surface area contributed by atoms with Gasteiger partial charge in [-0.15, -0.1) is 0 Å². The molecule has 6 heteroatoms. The van der Waals surface area contributed by atoms with E-state index in [1.54, 1.807) is 0 Å². The van der Waals surface area contributed by atoms with Crippen molar-refractivity contribution < 1.29 is 9.59 Å². The van der Waals surface area contributed by atoms with E-state index in [4.69, 9.17) is 5.84 Å². The Kier molecular flexibility index (Phi) is 3.82. The minimum Gasteiger partial charge on any atom is -0.361 e. The molecule has 2 aromatic rings. The van der Waals surface area contributed by atoms with E-state index in [-0.39, 0.29) is 5.91 Å². The van der Waals surface area contributed by atoms with Crippen molar-refractivity contribution >= 4 is 22.7 Å². The molecule has 2 rings (SSSR count). The highest BCUT2D eigenvalue weighted by molar-refractivity contribution is 5.88. The average molecular weight is 260 g/mol. The number of hydrogen-bond acceptors (Lipinski definition) is 3. The van der Waals surface area contributed by atoms with E-state index in [0.29, 0.717) is 6.42 Å². The number of benzene rings is 1. The van der Waals surface area contributed by atoms with Crippen molar-refractivity contribution in [3.05, 3.63) is 36.0 Å². The zero-order valence-electron chi connectivity index (χ0n) is 10.6. The van der Waals surface area contributed by atoms with Crippen LogP contribution in [0.5, 0.6) is 0 Å². The first-order chi connectivity index (χ1) is 9.11. The number of hydrazine groups is 1. The molecule has 19 heavy (non-hydrogen) atoms. The Bertz CT molecular complexity index is 605. The van der Waals surface area contributed by atoms with Gasteiger partial charge in [0.25, 0.3) is 5.91 Å². The van der Waals surface area contributed by atoms with Crippen molar-refractivity contribution in [2.24, 2.45) is 5.84 Å². The van der Waals surface area contributed by atoms with Crippen molar-refractivity contribution in [2.75, 3.05) is 0 Å². The van der Waals surface area contributed by atoms with Crippen LogP contribution in [0.25, 0.3) is 10.9 Å². The molecule has 0 saturated carbocycles. The highest BCUT2D eigenvalue weighted by Crippen LogP contribution is 2.19. The molecule has 1 heterocycles. The van der Waals surface area contributed by atoms with Gasteiger partial charge >= 0.3 is 0 Å². The lowest BCUT2D eigenvalue weighted by atomic mass is 10.0. The standard InChI is InChI=1S/C13H16N4O2/c1-8(18)16-12(13(19)17-14)6-9-7-15-11-5-3-2-4-10(9)11/h2-5,7,12,15H,6,14H2,1H3,(H,16,18)(H,17,19)/t12-/m1/s1. The summed E-state index contributed by atoms with van der Waals surface area (Å²) in [7, 11) is 0. The molecule has 0 unspecified atom stereocenters. The summed E-state index contributed by atoms with van der Waals surface area (Å²) >= 11 is 0. The van der Waals surface area contributed by atoms with Gasteiger partial charge in [-0.3, -0.25) is 15.0 Å². The maximum absolute atomic E-state index is 11.6. The van der Waals surface area contributed by atoms with Crippen LogP contribution >= 0.6 is 0 Å². The molecule has 0 spiro atoms. The van der Waals surface area contributed by atoms with Crippen LogP contribution in [0.4, 0.5) is 0 Å². The third-order valence-electron chi connectivity index (χ3n) is 2.94. The third-order valence-corrected chi connectivity index (χ3v) is 2.94. The zero-order valence-corrected chi connectivity index (χ0v) is 10.6. The minimum absolute atomic E-state index is 0.270. The van der Waals surface area contributed by atoms with E-state index in [0.717, 1.165) is 16.5 Å². The van der Waals surface area contributed by atoms with E-state index in [1.165, 1.54) is 6.92 Å². The number of aromatic amines is 1. The van der Waals surface area contributed by atoms with Gasteiger partial charge in [-0.2, -0.15) is 0 Å². The summed E-state index contributed by atoms with van der Waals surface area (Å²) in [5.74, 6) is 4.45. The van der Waals surface area contributed by atoms with Crippen molar-refractivity contribution in [1.82, 2.24) is 15.7 Å². The van der Waals surface area contributed by atoms with Gasteiger partial charge in [-0.05, 0) is 11.6 Å². The number of hydrogen-bond donors (Lipinski definition) is 4. The molecule has 0 bridgehead atoms. The number of fused-ring (bicyclic) bond motifs is 1. The highest BCUT2D eigenvalue weighted by Gasteiger charge is 2.20. The van der Waals surface area contributed by atoms with E-state index in [9.17, 15) is 9.59 Å². The topological polar surface area (TPSA) is 100 Å². The molecule has 0 saturated heterocycles. The fourth-order valence-electron chi connectivity index (χ4n) is 2.08. The molecule has 0 fully saturated rings. The lowest BCUT2D eigenvalue weighted by molar-refractivity contribution is -0.128. The smallest absolute Gasteiger partial charge is 0.256 e. The molecule has 100 valence electrons. The first-order valence-electron chi connectivity index (χ1n) is 5.94. The van der Waals surface area contributed by atoms with Crippen LogP contribution in [0, 0.1) is 0 Å². The summed E-state index contributed by atoms with van der Waals surface area (Å²) in [5.41, 5.74) is 4.02. The van der Waals surface area contributed by atoms with Crippen LogP contribution in [-0.4, -0.2) is 22.8 Å². The van der Waals surface area contributed by atoms with Gasteiger partial charge in [0.15, 0.2) is 0 Å². The van der Waals surface area contributed by atoms with Gasteiger partial charge in [0.2, 0.25) is 5.91 Å². The van der Waals surface area contributed by atoms with Crippen LogP contribution in [0.1, 0.15) is 12.5 Å². The Labute approximate surface area is 110 Å². The SMILES string of the molecule is CC(=O)N[C@H](Cc1c[nH]c2ccccc12)C(=O)NN. The number of rotatable bonds is 4. The zero-order chi connectivity index (χ0) is 13.8. The maximum atomic E-state index is 11.6. The number of nitrogens with one attached hydrogen (secondary N) is 3. The summed E-state index contributed by atoms with van der Waals surface area (Å²) in [6, 6.07) is 7.10. The molecule has 0 aliphatic heterocycles. The number of para-hydroxylation sites is 1. The Hall–Kier alpha value is -2.34. The predicted octanol–water partition coefficient (Wildman–Crippen LogP) is 0.205. The first-order valence-corrected chi connectivity index (χ1v) is 5.94. The molecule has 1 aromatic carbocycles. The Morgan fingerprint density at radius 3 is 2.79 bits per heavy atom. The largest absolute Gasteiger partial charge is 0.361 e. The first kappa shape index (κ1) is 13.1. The summed E-state index contributed by atoms with van der Waals surface area (Å²) in [5, 5.41) is 3.62. The van der Waals surface area contributed by atoms with Gasteiger partial charge in [0.05, 0.1) is 0 Å². The molecule has 0 aliphatic carbocycles. The second-order valence-electron chi connectivity index (χ2n) is 4.33. The van der Waals surface area contributed by atoms with E-state index < -0.39 is 11.9 Å². The Morgan fingerprint density at radius 2 is 2.11 bits per heavy atom. The van der Waals surface area contributed by atoms with E-state index in [2.05, 4.69) is 15.7 Å². The molecule has 5 N–H and O–H groups in total. The molecular formula is C13H16N4O2. The summed E-state index contributed by atoms with van der Waals surface area (Å²) in [6.45, 7) is 1.37. The normalized spacial score (nSPS) is 12.1. The average Bonchev–Trinajstić information content (AvgIpc) is 2.80. The lowest BCUT2D eigenvalue weighted by Crippen LogP contribution is -2.49. The molecular weight excluding hydrogens is 244 g/mol. The molecule has 2 amide bonds. The third kappa shape index (κ3) is 2.92. The number of H-pyrrole nitrogens is 1. The monoisotopic (exact) mass is 260 g/mol. The number of carbonyl (C=O) groups is 2. The number of nitrogens with two attached hydrogens (primary N) is 1. The molecule has 6 nitrogen and oxygen atoms in total. The number of amides is 2. The number of aromatic nitrogens is 1. The van der Waals surface area contributed by atoms with Crippen LogP contribution in [0.2, 0.25) is 0 Å². The van der Waals surface area contributed by atoms with Crippen molar-refractivity contribution in [2.45, 2.75) is 19.4 Å². The summed E-state index contributed by atoms with van der Waals surface area (Å²) in [4.78, 5) is 25.9. The summed E-state index contributed by atoms with van der Waals surface area (Å²) < 4.78 is 0. The molecule has 0 radical (unpaired) electrons. The molecule has 1 aromatic heterocycles. The van der Waals surface area contributed by atoms with Gasteiger partial charge in [0, 0.05) is 30.4 Å². The quantitative estimate of drug-likeness (QED) is 0.359. The van der Waals surface area contributed by atoms with Gasteiger partial charge in [0.1, 0.15) is 6.04 Å². The van der Waals surface area contributed by atoms with Crippen molar-refractivity contribution in [1.29, 1.82) is 0 Å². The van der Waals surface area contributed by atoms with Crippen molar-refractivity contribution in [3.63, 3.8) is 0 Å². The highest BCUT2D eigenvalue weighted by atomic mass is 16.2. The van der Waals surface area contributed by atoms with Crippen LogP contribution in [-0.2, 0) is 16.0 Å². The van der Waals surface area contributed by atoms with Crippen LogP contribution in [0.15, 0.2) is 30.5 Å². The fourth-order valence-corrected chi connectivity index (χ4v) is 2.08. The van der Waals surface area contributed by atoms with E-state index in [1.807, 2.05) is 30.5 Å². The maximum Gasteiger partial charge on any atom is 0.256 e. The lowest BCUT2D eigenvalue weighted by Gasteiger charge is -2.15. The number of carbonyl (C=O) groups excluding carboxylic acids is 2. The van der Waals surface area contributed by atoms with Crippen molar-refractivity contribution in [3.8, 4) is 0 Å². The molecule has 1 atom stereocenters. The Morgan fingerprint density at radius 1 is 1.37 bits per heavy atom. The van der Waals surface area contributed by atoms with Gasteiger partial charge in [-0.1, -0.05) is 18.2 Å². The van der Waals surface area contributed by atoms with Crippen LogP contribution < -0.4 is 16.6 Å². The predicted molar refractivity (Wildman–Crippen MR) is 71.9 cm³/mol. The Balaban J connectivity index is 2.25. The van der Waals surface area contributed by atoms with Gasteiger partial charge < -0.3 is 10.3 Å². The van der Waals surface area contributed by atoms with E-state index >= 15 is 0 Å². The second kappa shape index (κ2) is 5.53. The van der Waals surface area contributed by atoms with Crippen LogP contribution in [0.3, 0.4) is 0 Å². The molecule has 0 aliphatic rings. The fraction of sp³-hybridized carbons (Fsp3) is 0.231. The second-order valence-corrected chi connectivity index (χ2v) is 4.33. The van der Waals surface area contributed by atoms with Gasteiger partial charge in [-0.25, -0.2) is 5.84 Å². The minimum atomic E-state index is -0.679.